The minimum Gasteiger partial charge on any atom is -0.382 e. The van der Waals surface area contributed by atoms with E-state index in [1.54, 1.807) is 0 Å². The standard InChI is InChI=1S/C21H30ClN7O2/c1-29(13-11-26-21(31)17-19(23)28-20(24)18(22)27-17)12-7-3-6-10-25-16(30)14-15-8-4-2-5-9-15/h2,4-5,8-9H,3,6-7,10-14H2,1H3,(H,25,30)(H,26,31)(H4,23,24,28). The molecule has 1 aromatic carbocycles. The molecule has 0 aliphatic rings. The Labute approximate surface area is 187 Å². The Hall–Kier alpha value is -2.91. The zero-order chi connectivity index (χ0) is 22.6. The van der Waals surface area contributed by atoms with Crippen molar-refractivity contribution in [1.82, 2.24) is 25.5 Å². The topological polar surface area (TPSA) is 139 Å². The van der Waals surface area contributed by atoms with Crippen LogP contribution in [0.2, 0.25) is 5.15 Å². The number of nitrogens with zero attached hydrogens (tertiary/aromatic N) is 3. The second-order valence-electron chi connectivity index (χ2n) is 7.27. The first-order valence-corrected chi connectivity index (χ1v) is 10.6. The molecule has 10 heteroatoms. The summed E-state index contributed by atoms with van der Waals surface area (Å²) in [5.74, 6) is -0.451. The summed E-state index contributed by atoms with van der Waals surface area (Å²) in [7, 11) is 1.99. The number of carbonyl (C=O) groups is 2. The van der Waals surface area contributed by atoms with Crippen LogP contribution in [-0.2, 0) is 11.2 Å². The number of nitrogens with one attached hydrogen (secondary N) is 2. The predicted octanol–water partition coefficient (Wildman–Crippen LogP) is 1.49. The largest absolute Gasteiger partial charge is 0.382 e. The molecule has 1 aromatic heterocycles. The normalized spacial score (nSPS) is 10.8. The van der Waals surface area contributed by atoms with Crippen molar-refractivity contribution < 1.29 is 9.59 Å². The third kappa shape index (κ3) is 8.77. The van der Waals surface area contributed by atoms with Gasteiger partial charge in [0.15, 0.2) is 22.5 Å². The fourth-order valence-corrected chi connectivity index (χ4v) is 3.05. The Morgan fingerprint density at radius 3 is 2.45 bits per heavy atom. The molecule has 0 atom stereocenters. The van der Waals surface area contributed by atoms with Crippen molar-refractivity contribution in [3.8, 4) is 0 Å². The Balaban J connectivity index is 1.53. The number of benzene rings is 1. The monoisotopic (exact) mass is 447 g/mol. The first-order chi connectivity index (χ1) is 14.9. The van der Waals surface area contributed by atoms with E-state index >= 15 is 0 Å². The van der Waals surface area contributed by atoms with Crippen LogP contribution in [0.5, 0.6) is 0 Å². The van der Waals surface area contributed by atoms with Crippen LogP contribution in [0.25, 0.3) is 0 Å². The van der Waals surface area contributed by atoms with E-state index < -0.39 is 5.91 Å². The van der Waals surface area contributed by atoms with Crippen LogP contribution < -0.4 is 22.1 Å². The number of hydrogen-bond donors (Lipinski definition) is 4. The van der Waals surface area contributed by atoms with Crippen molar-refractivity contribution in [3.63, 3.8) is 0 Å². The summed E-state index contributed by atoms with van der Waals surface area (Å²) in [6.07, 6.45) is 3.36. The zero-order valence-electron chi connectivity index (χ0n) is 17.7. The highest BCUT2D eigenvalue weighted by Crippen LogP contribution is 2.17. The van der Waals surface area contributed by atoms with Crippen molar-refractivity contribution in [2.24, 2.45) is 0 Å². The number of halogens is 1. The number of anilines is 2. The number of nitrogen functional groups attached to an aromatic ring is 2. The summed E-state index contributed by atoms with van der Waals surface area (Å²) >= 11 is 5.80. The van der Waals surface area contributed by atoms with Crippen LogP contribution in [0.4, 0.5) is 11.6 Å². The third-order valence-electron chi connectivity index (χ3n) is 4.65. The quantitative estimate of drug-likeness (QED) is 0.361. The minimum atomic E-state index is -0.438. The molecule has 0 aliphatic carbocycles. The molecule has 0 saturated carbocycles. The molecular weight excluding hydrogens is 418 g/mol. The van der Waals surface area contributed by atoms with Crippen molar-refractivity contribution in [2.75, 3.05) is 44.7 Å². The fraction of sp³-hybridized carbons (Fsp3) is 0.429. The number of likely N-dealkylation sites (N-methyl/N-ethyl adjacent to an activating group) is 1. The van der Waals surface area contributed by atoms with Crippen LogP contribution in [-0.4, -0.2) is 59.9 Å². The van der Waals surface area contributed by atoms with E-state index in [2.05, 4.69) is 25.5 Å². The summed E-state index contributed by atoms with van der Waals surface area (Å²) in [6.45, 7) is 2.69. The zero-order valence-corrected chi connectivity index (χ0v) is 18.5. The van der Waals surface area contributed by atoms with Gasteiger partial charge in [0, 0.05) is 19.6 Å². The lowest BCUT2D eigenvalue weighted by molar-refractivity contribution is -0.120. The first-order valence-electron chi connectivity index (χ1n) is 10.2. The highest BCUT2D eigenvalue weighted by atomic mass is 35.5. The lowest BCUT2D eigenvalue weighted by Gasteiger charge is -2.17. The molecule has 0 bridgehead atoms. The molecule has 0 unspecified atom stereocenters. The molecule has 0 radical (unpaired) electrons. The highest BCUT2D eigenvalue weighted by Gasteiger charge is 2.15. The molecule has 2 aromatic rings. The third-order valence-corrected chi connectivity index (χ3v) is 4.92. The summed E-state index contributed by atoms with van der Waals surface area (Å²) in [5.41, 5.74) is 12.2. The Kier molecular flexibility index (Phi) is 9.99. The van der Waals surface area contributed by atoms with Gasteiger partial charge in [-0.2, -0.15) is 0 Å². The Morgan fingerprint density at radius 2 is 1.71 bits per heavy atom. The smallest absolute Gasteiger partial charge is 0.273 e. The average molecular weight is 448 g/mol. The van der Waals surface area contributed by atoms with Gasteiger partial charge in [0.05, 0.1) is 6.42 Å². The minimum absolute atomic E-state index is 0.00814. The van der Waals surface area contributed by atoms with E-state index in [1.807, 2.05) is 37.4 Å². The van der Waals surface area contributed by atoms with Gasteiger partial charge in [0.25, 0.3) is 5.91 Å². The van der Waals surface area contributed by atoms with Gasteiger partial charge in [-0.05, 0) is 32.0 Å². The SMILES string of the molecule is CN(CCCCCNC(=O)Cc1ccccc1)CCNC(=O)c1nc(Cl)c(N)nc1N. The van der Waals surface area contributed by atoms with Gasteiger partial charge in [-0.1, -0.05) is 48.4 Å². The molecule has 0 spiro atoms. The van der Waals surface area contributed by atoms with Gasteiger partial charge >= 0.3 is 0 Å². The summed E-state index contributed by atoms with van der Waals surface area (Å²) in [4.78, 5) is 33.9. The van der Waals surface area contributed by atoms with E-state index in [1.165, 1.54) is 0 Å². The van der Waals surface area contributed by atoms with Gasteiger partial charge < -0.3 is 27.0 Å². The van der Waals surface area contributed by atoms with Crippen LogP contribution in [0.1, 0.15) is 35.3 Å². The summed E-state index contributed by atoms with van der Waals surface area (Å²) in [5, 5.41) is 5.66. The molecule has 31 heavy (non-hydrogen) atoms. The van der Waals surface area contributed by atoms with Gasteiger partial charge in [0.1, 0.15) is 0 Å². The van der Waals surface area contributed by atoms with Crippen molar-refractivity contribution >= 4 is 35.1 Å². The molecule has 2 rings (SSSR count). The van der Waals surface area contributed by atoms with Crippen LogP contribution in [0.3, 0.4) is 0 Å². The number of rotatable bonds is 12. The van der Waals surface area contributed by atoms with Crippen molar-refractivity contribution in [2.45, 2.75) is 25.7 Å². The average Bonchev–Trinajstić information content (AvgIpc) is 2.73. The van der Waals surface area contributed by atoms with Crippen LogP contribution >= 0.6 is 11.6 Å². The lowest BCUT2D eigenvalue weighted by Crippen LogP contribution is -2.34. The van der Waals surface area contributed by atoms with Crippen molar-refractivity contribution in [1.29, 1.82) is 0 Å². The second kappa shape index (κ2) is 12.7. The number of unbranched alkanes of at least 4 members (excludes halogenated alkanes) is 2. The van der Waals surface area contributed by atoms with E-state index in [9.17, 15) is 9.59 Å². The van der Waals surface area contributed by atoms with Crippen molar-refractivity contribution in [3.05, 3.63) is 46.7 Å². The number of aromatic nitrogens is 2. The molecule has 6 N–H and O–H groups in total. The Morgan fingerprint density at radius 1 is 0.968 bits per heavy atom. The number of amides is 2. The first kappa shape index (κ1) is 24.4. The molecular formula is C21H30ClN7O2. The highest BCUT2D eigenvalue weighted by molar-refractivity contribution is 6.31. The Bertz CT molecular complexity index is 864. The van der Waals surface area contributed by atoms with Crippen LogP contribution in [0.15, 0.2) is 30.3 Å². The van der Waals surface area contributed by atoms with Gasteiger partial charge in [-0.3, -0.25) is 9.59 Å². The van der Waals surface area contributed by atoms with Crippen LogP contribution in [0, 0.1) is 0 Å². The molecule has 0 saturated heterocycles. The van der Waals surface area contributed by atoms with Gasteiger partial charge in [-0.15, -0.1) is 0 Å². The maximum Gasteiger partial charge on any atom is 0.273 e. The lowest BCUT2D eigenvalue weighted by atomic mass is 10.1. The van der Waals surface area contributed by atoms with Gasteiger partial charge in [0.2, 0.25) is 5.91 Å². The molecule has 2 amide bonds. The maximum atomic E-state index is 12.2. The molecule has 0 aliphatic heterocycles. The molecule has 1 heterocycles. The molecule has 168 valence electrons. The van der Waals surface area contributed by atoms with E-state index in [0.717, 1.165) is 31.4 Å². The number of carbonyl (C=O) groups excluding carboxylic acids is 2. The summed E-state index contributed by atoms with van der Waals surface area (Å²) in [6, 6.07) is 9.70. The second-order valence-corrected chi connectivity index (χ2v) is 7.62. The number of hydrogen-bond acceptors (Lipinski definition) is 7. The maximum absolute atomic E-state index is 12.2. The number of nitrogens with two attached hydrogens (primary N) is 2. The summed E-state index contributed by atoms with van der Waals surface area (Å²) < 4.78 is 0. The molecule has 9 nitrogen and oxygen atoms in total. The van der Waals surface area contributed by atoms with E-state index in [0.29, 0.717) is 26.1 Å². The van der Waals surface area contributed by atoms with E-state index in [-0.39, 0.29) is 28.4 Å². The molecule has 0 fully saturated rings. The fourth-order valence-electron chi connectivity index (χ4n) is 2.92. The van der Waals surface area contributed by atoms with E-state index in [4.69, 9.17) is 23.1 Å². The predicted molar refractivity (Wildman–Crippen MR) is 123 cm³/mol. The van der Waals surface area contributed by atoms with Gasteiger partial charge in [-0.25, -0.2) is 9.97 Å².